The maximum absolute atomic E-state index is 13.2. The second kappa shape index (κ2) is 9.22. The summed E-state index contributed by atoms with van der Waals surface area (Å²) in [6, 6.07) is 18.8. The Labute approximate surface area is 194 Å². The Bertz CT molecular complexity index is 1150. The fourth-order valence-corrected chi connectivity index (χ4v) is 5.11. The van der Waals surface area contributed by atoms with Crippen LogP contribution in [0.2, 0.25) is 0 Å². The minimum atomic E-state index is -0.338. The molecule has 2 atom stereocenters. The number of anilines is 1. The SMILES string of the molecule is Cc1cnn(C2CCCc3ccccc32)c1NC(=O)C1CC(=O)N(CCc2ccccc2)C1. The summed E-state index contributed by atoms with van der Waals surface area (Å²) in [5, 5.41) is 7.76. The second-order valence-electron chi connectivity index (χ2n) is 9.19. The molecule has 2 amide bonds. The molecule has 0 spiro atoms. The van der Waals surface area contributed by atoms with Crippen LogP contribution in [0, 0.1) is 12.8 Å². The third-order valence-electron chi connectivity index (χ3n) is 6.95. The summed E-state index contributed by atoms with van der Waals surface area (Å²) < 4.78 is 1.97. The van der Waals surface area contributed by atoms with Crippen molar-refractivity contribution in [3.8, 4) is 0 Å². The number of rotatable bonds is 6. The predicted octanol–water partition coefficient (Wildman–Crippen LogP) is 4.15. The number of aryl methyl sites for hydroxylation is 2. The highest BCUT2D eigenvalue weighted by Crippen LogP contribution is 2.35. The molecule has 170 valence electrons. The monoisotopic (exact) mass is 442 g/mol. The molecule has 33 heavy (non-hydrogen) atoms. The van der Waals surface area contributed by atoms with Crippen molar-refractivity contribution in [2.75, 3.05) is 18.4 Å². The van der Waals surface area contributed by atoms with Crippen LogP contribution in [-0.4, -0.2) is 39.6 Å². The molecule has 0 saturated carbocycles. The molecule has 0 radical (unpaired) electrons. The summed E-state index contributed by atoms with van der Waals surface area (Å²) >= 11 is 0. The first kappa shape index (κ1) is 21.4. The summed E-state index contributed by atoms with van der Waals surface area (Å²) in [6.07, 6.45) is 6.06. The molecule has 1 N–H and O–H groups in total. The van der Waals surface area contributed by atoms with Gasteiger partial charge in [-0.3, -0.25) is 9.59 Å². The molecule has 2 heterocycles. The zero-order valence-corrected chi connectivity index (χ0v) is 19.0. The van der Waals surface area contributed by atoms with Gasteiger partial charge in [0.25, 0.3) is 0 Å². The maximum atomic E-state index is 13.2. The Kier molecular flexibility index (Phi) is 5.99. The highest BCUT2D eigenvalue weighted by Gasteiger charge is 2.35. The van der Waals surface area contributed by atoms with E-state index < -0.39 is 0 Å². The first-order valence-corrected chi connectivity index (χ1v) is 11.8. The molecule has 5 rings (SSSR count). The van der Waals surface area contributed by atoms with E-state index in [0.717, 1.165) is 37.1 Å². The van der Waals surface area contributed by atoms with Gasteiger partial charge in [-0.15, -0.1) is 0 Å². The number of nitrogens with one attached hydrogen (secondary N) is 1. The highest BCUT2D eigenvalue weighted by atomic mass is 16.2. The summed E-state index contributed by atoms with van der Waals surface area (Å²) in [5.74, 6) is 0.364. The molecule has 6 nitrogen and oxygen atoms in total. The van der Waals surface area contributed by atoms with Crippen LogP contribution in [0.1, 0.15) is 47.6 Å². The van der Waals surface area contributed by atoms with Crippen molar-refractivity contribution in [3.05, 3.63) is 83.0 Å². The van der Waals surface area contributed by atoms with Crippen molar-refractivity contribution in [2.24, 2.45) is 5.92 Å². The average molecular weight is 443 g/mol. The fourth-order valence-electron chi connectivity index (χ4n) is 5.11. The van der Waals surface area contributed by atoms with Gasteiger partial charge in [-0.25, -0.2) is 4.68 Å². The zero-order chi connectivity index (χ0) is 22.8. The van der Waals surface area contributed by atoms with Crippen LogP contribution in [0.15, 0.2) is 60.8 Å². The van der Waals surface area contributed by atoms with Crippen LogP contribution in [0.25, 0.3) is 0 Å². The Balaban J connectivity index is 1.28. The average Bonchev–Trinajstić information content (AvgIpc) is 3.40. The molecule has 1 aromatic heterocycles. The number of aromatic nitrogens is 2. The fraction of sp³-hybridized carbons (Fsp3) is 0.370. The van der Waals surface area contributed by atoms with E-state index in [4.69, 9.17) is 0 Å². The zero-order valence-electron chi connectivity index (χ0n) is 19.0. The number of nitrogens with zero attached hydrogens (tertiary/aromatic N) is 3. The minimum absolute atomic E-state index is 0.0533. The van der Waals surface area contributed by atoms with E-state index in [2.05, 4.69) is 46.8 Å². The number of hydrogen-bond donors (Lipinski definition) is 1. The van der Waals surface area contributed by atoms with Crippen LogP contribution >= 0.6 is 0 Å². The molecule has 1 aliphatic carbocycles. The van der Waals surface area contributed by atoms with E-state index in [0.29, 0.717) is 13.1 Å². The van der Waals surface area contributed by atoms with Gasteiger partial charge in [0, 0.05) is 25.1 Å². The molecular formula is C27H30N4O2. The smallest absolute Gasteiger partial charge is 0.230 e. The van der Waals surface area contributed by atoms with Gasteiger partial charge in [0.1, 0.15) is 5.82 Å². The summed E-state index contributed by atoms with van der Waals surface area (Å²) in [4.78, 5) is 27.6. The molecule has 1 saturated heterocycles. The summed E-state index contributed by atoms with van der Waals surface area (Å²) in [6.45, 7) is 3.08. The first-order valence-electron chi connectivity index (χ1n) is 11.8. The van der Waals surface area contributed by atoms with E-state index in [-0.39, 0.29) is 30.2 Å². The lowest BCUT2D eigenvalue weighted by Gasteiger charge is -2.27. The van der Waals surface area contributed by atoms with Gasteiger partial charge in [-0.2, -0.15) is 5.10 Å². The first-order chi connectivity index (χ1) is 16.1. The van der Waals surface area contributed by atoms with Gasteiger partial charge < -0.3 is 10.2 Å². The third kappa shape index (κ3) is 4.42. The van der Waals surface area contributed by atoms with Gasteiger partial charge in [0.2, 0.25) is 11.8 Å². The summed E-state index contributed by atoms with van der Waals surface area (Å²) in [7, 11) is 0. The van der Waals surface area contributed by atoms with Crippen molar-refractivity contribution in [3.63, 3.8) is 0 Å². The number of benzene rings is 2. The summed E-state index contributed by atoms with van der Waals surface area (Å²) in [5.41, 5.74) is 4.78. The number of hydrogen-bond acceptors (Lipinski definition) is 3. The molecule has 6 heteroatoms. The predicted molar refractivity (Wildman–Crippen MR) is 128 cm³/mol. The Morgan fingerprint density at radius 2 is 1.91 bits per heavy atom. The normalized spacial score (nSPS) is 20.0. The number of carbonyl (C=O) groups excluding carboxylic acids is 2. The molecule has 1 fully saturated rings. The maximum Gasteiger partial charge on any atom is 0.230 e. The van der Waals surface area contributed by atoms with E-state index >= 15 is 0 Å². The van der Waals surface area contributed by atoms with Crippen molar-refractivity contribution in [2.45, 2.75) is 45.1 Å². The minimum Gasteiger partial charge on any atom is -0.342 e. The van der Waals surface area contributed by atoms with Crippen LogP contribution in [0.4, 0.5) is 5.82 Å². The second-order valence-corrected chi connectivity index (χ2v) is 9.19. The lowest BCUT2D eigenvalue weighted by atomic mass is 9.88. The van der Waals surface area contributed by atoms with Crippen LogP contribution in [-0.2, 0) is 22.4 Å². The Morgan fingerprint density at radius 3 is 2.76 bits per heavy atom. The van der Waals surface area contributed by atoms with Gasteiger partial charge in [0.05, 0.1) is 18.2 Å². The van der Waals surface area contributed by atoms with Gasteiger partial charge in [-0.1, -0.05) is 54.6 Å². The number of carbonyl (C=O) groups is 2. The topological polar surface area (TPSA) is 67.2 Å². The van der Waals surface area contributed by atoms with E-state index in [1.807, 2.05) is 40.9 Å². The van der Waals surface area contributed by atoms with Crippen LogP contribution < -0.4 is 5.32 Å². The molecular weight excluding hydrogens is 412 g/mol. The highest BCUT2D eigenvalue weighted by molar-refractivity contribution is 5.97. The van der Waals surface area contributed by atoms with E-state index in [1.165, 1.54) is 16.7 Å². The molecule has 2 aliphatic rings. The quantitative estimate of drug-likeness (QED) is 0.624. The molecule has 1 aliphatic heterocycles. The van der Waals surface area contributed by atoms with Crippen molar-refractivity contribution in [1.82, 2.24) is 14.7 Å². The Morgan fingerprint density at radius 1 is 1.12 bits per heavy atom. The van der Waals surface area contributed by atoms with Crippen molar-refractivity contribution < 1.29 is 9.59 Å². The lowest BCUT2D eigenvalue weighted by Crippen LogP contribution is -2.31. The number of fused-ring (bicyclic) bond motifs is 1. The van der Waals surface area contributed by atoms with Gasteiger partial charge >= 0.3 is 0 Å². The van der Waals surface area contributed by atoms with Crippen LogP contribution in [0.3, 0.4) is 0 Å². The molecule has 3 aromatic rings. The molecule has 0 bridgehead atoms. The third-order valence-corrected chi connectivity index (χ3v) is 6.95. The number of likely N-dealkylation sites (tertiary alicyclic amines) is 1. The largest absolute Gasteiger partial charge is 0.342 e. The standard InChI is InChI=1S/C27H30N4O2/c1-19-17-28-31(24-13-7-11-21-10-5-6-12-23(21)24)26(19)29-27(33)22-16-25(32)30(18-22)15-14-20-8-3-2-4-9-20/h2-6,8-10,12,17,22,24H,7,11,13-16,18H2,1H3,(H,29,33). The molecule has 2 unspecified atom stereocenters. The Hall–Kier alpha value is -3.41. The van der Waals surface area contributed by atoms with Crippen molar-refractivity contribution >= 4 is 17.6 Å². The lowest BCUT2D eigenvalue weighted by molar-refractivity contribution is -0.128. The van der Waals surface area contributed by atoms with Gasteiger partial charge in [-0.05, 0) is 49.3 Å². The van der Waals surface area contributed by atoms with E-state index in [9.17, 15) is 9.59 Å². The van der Waals surface area contributed by atoms with Gasteiger partial charge in [0.15, 0.2) is 0 Å². The molecule has 2 aromatic carbocycles. The van der Waals surface area contributed by atoms with Crippen molar-refractivity contribution in [1.29, 1.82) is 0 Å². The van der Waals surface area contributed by atoms with E-state index in [1.54, 1.807) is 0 Å². The van der Waals surface area contributed by atoms with Crippen LogP contribution in [0.5, 0.6) is 0 Å². The number of amides is 2.